The summed E-state index contributed by atoms with van der Waals surface area (Å²) in [5.41, 5.74) is 0.787. The van der Waals surface area contributed by atoms with E-state index in [0.29, 0.717) is 11.9 Å². The summed E-state index contributed by atoms with van der Waals surface area (Å²) in [5.74, 6) is 0.726. The Kier molecular flexibility index (Phi) is 3.02. The van der Waals surface area contributed by atoms with E-state index in [2.05, 4.69) is 10.2 Å². The lowest BCUT2D eigenvalue weighted by molar-refractivity contribution is 0.609. The molecule has 0 aliphatic heterocycles. The predicted octanol–water partition coefficient (Wildman–Crippen LogP) is 1.75. The smallest absolute Gasteiger partial charge is 0.263 e. The molecule has 0 unspecified atom stereocenters. The monoisotopic (exact) mass is 310 g/mol. The zero-order valence-electron chi connectivity index (χ0n) is 10.6. The second-order valence-corrected chi connectivity index (χ2v) is 6.97. The molecule has 0 spiro atoms. The summed E-state index contributed by atoms with van der Waals surface area (Å²) in [6.45, 7) is 0.420. The standard InChI is InChI=1S/C12H11ClN4O2S/c1-16-8-14-15-12(16)7-17-6-11(20(13,18)19)9-4-2-3-5-10(9)17/h2-6,8H,7H2,1H3. The first kappa shape index (κ1) is 13.1. The van der Waals surface area contributed by atoms with Gasteiger partial charge in [0, 0.05) is 34.8 Å². The molecule has 8 heteroatoms. The van der Waals surface area contributed by atoms with E-state index in [1.54, 1.807) is 27.6 Å². The summed E-state index contributed by atoms with van der Waals surface area (Å²) >= 11 is 0. The lowest BCUT2D eigenvalue weighted by atomic mass is 10.2. The minimum atomic E-state index is -3.79. The van der Waals surface area contributed by atoms with Crippen molar-refractivity contribution in [3.05, 3.63) is 42.6 Å². The van der Waals surface area contributed by atoms with Gasteiger partial charge < -0.3 is 9.13 Å². The molecule has 20 heavy (non-hydrogen) atoms. The second kappa shape index (κ2) is 4.60. The third kappa shape index (κ3) is 2.19. The number of hydrogen-bond donors (Lipinski definition) is 0. The molecule has 0 bridgehead atoms. The Morgan fingerprint density at radius 1 is 1.30 bits per heavy atom. The summed E-state index contributed by atoms with van der Waals surface area (Å²) in [6, 6.07) is 7.20. The quantitative estimate of drug-likeness (QED) is 0.691. The Bertz CT molecular complexity index is 882. The average Bonchev–Trinajstić information content (AvgIpc) is 2.95. The Hall–Kier alpha value is -1.86. The summed E-state index contributed by atoms with van der Waals surface area (Å²) < 4.78 is 26.9. The van der Waals surface area contributed by atoms with Crippen molar-refractivity contribution in [2.45, 2.75) is 11.4 Å². The largest absolute Gasteiger partial charge is 0.338 e. The van der Waals surface area contributed by atoms with Crippen LogP contribution in [-0.4, -0.2) is 27.7 Å². The van der Waals surface area contributed by atoms with E-state index in [9.17, 15) is 8.42 Å². The maximum atomic E-state index is 11.6. The van der Waals surface area contributed by atoms with Crippen molar-refractivity contribution < 1.29 is 8.42 Å². The van der Waals surface area contributed by atoms with Crippen LogP contribution in [-0.2, 0) is 22.6 Å². The number of aromatic nitrogens is 4. The van der Waals surface area contributed by atoms with Gasteiger partial charge in [-0.15, -0.1) is 10.2 Å². The van der Waals surface area contributed by atoms with Gasteiger partial charge in [-0.05, 0) is 6.07 Å². The van der Waals surface area contributed by atoms with Crippen LogP contribution in [0.2, 0.25) is 0 Å². The van der Waals surface area contributed by atoms with Crippen LogP contribution in [0.15, 0.2) is 41.7 Å². The zero-order valence-corrected chi connectivity index (χ0v) is 12.1. The number of fused-ring (bicyclic) bond motifs is 1. The zero-order chi connectivity index (χ0) is 14.3. The molecule has 2 heterocycles. The first-order valence-corrected chi connectivity index (χ1v) is 8.13. The number of rotatable bonds is 3. The number of nitrogens with zero attached hydrogens (tertiary/aromatic N) is 4. The van der Waals surface area contributed by atoms with Crippen molar-refractivity contribution >= 4 is 30.6 Å². The van der Waals surface area contributed by atoms with Crippen LogP contribution >= 0.6 is 10.7 Å². The molecule has 3 aromatic rings. The van der Waals surface area contributed by atoms with E-state index in [0.717, 1.165) is 11.3 Å². The Morgan fingerprint density at radius 2 is 2.05 bits per heavy atom. The third-order valence-corrected chi connectivity index (χ3v) is 4.48. The molecule has 0 radical (unpaired) electrons. The van der Waals surface area contributed by atoms with Crippen LogP contribution in [0.4, 0.5) is 0 Å². The summed E-state index contributed by atoms with van der Waals surface area (Å²) in [5, 5.41) is 8.41. The minimum Gasteiger partial charge on any atom is -0.338 e. The van der Waals surface area contributed by atoms with Gasteiger partial charge in [0.15, 0.2) is 5.82 Å². The molecule has 0 atom stereocenters. The topological polar surface area (TPSA) is 69.8 Å². The fourth-order valence-corrected chi connectivity index (χ4v) is 3.20. The van der Waals surface area contributed by atoms with Crippen molar-refractivity contribution in [1.82, 2.24) is 19.3 Å². The number of aryl methyl sites for hydroxylation is 1. The molecule has 0 N–H and O–H groups in total. The van der Waals surface area contributed by atoms with E-state index in [1.165, 1.54) is 6.20 Å². The number of benzene rings is 1. The van der Waals surface area contributed by atoms with Crippen molar-refractivity contribution in [3.63, 3.8) is 0 Å². The molecule has 3 rings (SSSR count). The number of halogens is 1. The molecular formula is C12H11ClN4O2S. The lowest BCUT2D eigenvalue weighted by Gasteiger charge is -2.04. The summed E-state index contributed by atoms with van der Waals surface area (Å²) in [7, 11) is 3.53. The molecule has 2 aromatic heterocycles. The molecule has 0 fully saturated rings. The molecule has 0 saturated heterocycles. The van der Waals surface area contributed by atoms with Crippen LogP contribution in [0.25, 0.3) is 10.9 Å². The van der Waals surface area contributed by atoms with Crippen molar-refractivity contribution in [1.29, 1.82) is 0 Å². The van der Waals surface area contributed by atoms with Crippen LogP contribution < -0.4 is 0 Å². The highest BCUT2D eigenvalue weighted by Crippen LogP contribution is 2.28. The highest BCUT2D eigenvalue weighted by Gasteiger charge is 2.19. The van der Waals surface area contributed by atoms with Crippen LogP contribution in [0.3, 0.4) is 0 Å². The first-order chi connectivity index (χ1) is 9.47. The summed E-state index contributed by atoms with van der Waals surface area (Å²) in [4.78, 5) is 0.108. The van der Waals surface area contributed by atoms with Gasteiger partial charge in [-0.2, -0.15) is 0 Å². The molecule has 0 amide bonds. The highest BCUT2D eigenvalue weighted by atomic mass is 35.7. The van der Waals surface area contributed by atoms with Gasteiger partial charge in [0.05, 0.1) is 6.54 Å². The van der Waals surface area contributed by atoms with Crippen molar-refractivity contribution in [2.24, 2.45) is 7.05 Å². The first-order valence-electron chi connectivity index (χ1n) is 5.82. The normalized spacial score (nSPS) is 12.1. The van der Waals surface area contributed by atoms with Gasteiger partial charge in [0.1, 0.15) is 11.2 Å². The average molecular weight is 311 g/mol. The van der Waals surface area contributed by atoms with Gasteiger partial charge in [0.2, 0.25) is 0 Å². The predicted molar refractivity (Wildman–Crippen MR) is 75.1 cm³/mol. The molecule has 1 aromatic carbocycles. The van der Waals surface area contributed by atoms with E-state index in [-0.39, 0.29) is 4.90 Å². The molecule has 0 aliphatic carbocycles. The molecule has 0 saturated carbocycles. The third-order valence-electron chi connectivity index (χ3n) is 3.13. The van der Waals surface area contributed by atoms with Crippen LogP contribution in [0.1, 0.15) is 5.82 Å². The molecule has 6 nitrogen and oxygen atoms in total. The van der Waals surface area contributed by atoms with Gasteiger partial charge in [0.25, 0.3) is 9.05 Å². The van der Waals surface area contributed by atoms with E-state index in [4.69, 9.17) is 10.7 Å². The number of hydrogen-bond acceptors (Lipinski definition) is 4. The van der Waals surface area contributed by atoms with E-state index in [1.807, 2.05) is 19.2 Å². The van der Waals surface area contributed by atoms with E-state index >= 15 is 0 Å². The molecular weight excluding hydrogens is 300 g/mol. The van der Waals surface area contributed by atoms with Crippen molar-refractivity contribution in [2.75, 3.05) is 0 Å². The maximum absolute atomic E-state index is 11.6. The fraction of sp³-hybridized carbons (Fsp3) is 0.167. The van der Waals surface area contributed by atoms with Crippen molar-refractivity contribution in [3.8, 4) is 0 Å². The Labute approximate surface area is 120 Å². The van der Waals surface area contributed by atoms with Crippen LogP contribution in [0.5, 0.6) is 0 Å². The second-order valence-electron chi connectivity index (χ2n) is 4.43. The fourth-order valence-electron chi connectivity index (χ4n) is 2.14. The van der Waals surface area contributed by atoms with Gasteiger partial charge in [-0.25, -0.2) is 8.42 Å². The lowest BCUT2D eigenvalue weighted by Crippen LogP contribution is -2.04. The molecule has 104 valence electrons. The Morgan fingerprint density at radius 3 is 2.70 bits per heavy atom. The highest BCUT2D eigenvalue weighted by molar-refractivity contribution is 8.14. The van der Waals surface area contributed by atoms with Gasteiger partial charge in [-0.1, -0.05) is 18.2 Å². The summed E-state index contributed by atoms with van der Waals surface area (Å²) in [6.07, 6.45) is 3.13. The molecule has 0 aliphatic rings. The maximum Gasteiger partial charge on any atom is 0.263 e. The van der Waals surface area contributed by atoms with Crippen LogP contribution in [0, 0.1) is 0 Å². The minimum absolute atomic E-state index is 0.108. The van der Waals surface area contributed by atoms with Gasteiger partial charge in [-0.3, -0.25) is 0 Å². The number of para-hydroxylation sites is 1. The Balaban J connectivity index is 2.19. The van der Waals surface area contributed by atoms with E-state index < -0.39 is 9.05 Å². The SMILES string of the molecule is Cn1cnnc1Cn1cc(S(=O)(=O)Cl)c2ccccc21. The van der Waals surface area contributed by atoms with Gasteiger partial charge >= 0.3 is 0 Å².